The predicted octanol–water partition coefficient (Wildman–Crippen LogP) is 3.22. The van der Waals surface area contributed by atoms with Crippen molar-refractivity contribution in [2.24, 2.45) is 0 Å². The summed E-state index contributed by atoms with van der Waals surface area (Å²) in [6.07, 6.45) is 0. The lowest BCUT2D eigenvalue weighted by molar-refractivity contribution is 0.0689. The lowest BCUT2D eigenvalue weighted by atomic mass is 10.2. The quantitative estimate of drug-likeness (QED) is 0.941. The minimum absolute atomic E-state index is 0.128. The maximum Gasteiger partial charge on any atom is 0.355 e. The zero-order valence-corrected chi connectivity index (χ0v) is 12.1. The Labute approximate surface area is 120 Å². The van der Waals surface area contributed by atoms with Gasteiger partial charge in [-0.25, -0.2) is 9.78 Å². The lowest BCUT2D eigenvalue weighted by Crippen LogP contribution is -2.12. The molecular weight excluding hydrogens is 284 g/mol. The highest BCUT2D eigenvalue weighted by atomic mass is 35.5. The van der Waals surface area contributed by atoms with Crippen LogP contribution in [0.15, 0.2) is 24.3 Å². The van der Waals surface area contributed by atoms with E-state index in [4.69, 9.17) is 11.6 Å². The van der Waals surface area contributed by atoms with Crippen molar-refractivity contribution in [3.05, 3.63) is 39.9 Å². The van der Waals surface area contributed by atoms with Crippen molar-refractivity contribution >= 4 is 28.9 Å². The Hall–Kier alpha value is -1.43. The molecule has 1 heterocycles. The summed E-state index contributed by atoms with van der Waals surface area (Å²) in [5, 5.41) is 10.5. The van der Waals surface area contributed by atoms with Crippen molar-refractivity contribution in [1.29, 1.82) is 0 Å². The second kappa shape index (κ2) is 5.69. The molecule has 0 spiro atoms. The first-order chi connectivity index (χ1) is 8.97. The number of nitrogens with zero attached hydrogens (tertiary/aromatic N) is 2. The van der Waals surface area contributed by atoms with Gasteiger partial charge in [0.25, 0.3) is 0 Å². The molecule has 1 N–H and O–H groups in total. The molecule has 2 rings (SSSR count). The molecule has 0 aliphatic heterocycles. The Kier molecular flexibility index (Phi) is 4.19. The third-order valence-corrected chi connectivity index (χ3v) is 3.79. The topological polar surface area (TPSA) is 53.4 Å². The van der Waals surface area contributed by atoms with E-state index < -0.39 is 5.97 Å². The fraction of sp³-hybridized carbons (Fsp3) is 0.231. The fourth-order valence-electron chi connectivity index (χ4n) is 1.63. The van der Waals surface area contributed by atoms with Gasteiger partial charge in [-0.3, -0.25) is 0 Å². The maximum absolute atomic E-state index is 11.2. The van der Waals surface area contributed by atoms with E-state index in [1.54, 1.807) is 12.1 Å². The number of halogens is 1. The summed E-state index contributed by atoms with van der Waals surface area (Å²) in [4.78, 5) is 18.1. The second-order valence-electron chi connectivity index (χ2n) is 4.34. The molecule has 4 nitrogen and oxygen atoms in total. The van der Waals surface area contributed by atoms with E-state index in [1.165, 1.54) is 11.3 Å². The third kappa shape index (κ3) is 3.32. The van der Waals surface area contributed by atoms with Crippen molar-refractivity contribution in [2.75, 3.05) is 14.1 Å². The number of carbonyl (C=O) groups is 1. The van der Waals surface area contributed by atoms with Gasteiger partial charge in [0.05, 0.1) is 4.88 Å². The monoisotopic (exact) mass is 296 g/mol. The molecule has 0 fully saturated rings. The first kappa shape index (κ1) is 14.0. The Balaban J connectivity index is 2.42. The van der Waals surface area contributed by atoms with Crippen LogP contribution in [0.4, 0.5) is 0 Å². The molecule has 0 bridgehead atoms. The van der Waals surface area contributed by atoms with Gasteiger partial charge in [0.2, 0.25) is 0 Å². The van der Waals surface area contributed by atoms with E-state index >= 15 is 0 Å². The molecule has 0 atom stereocenters. The number of carboxylic acid groups (broad SMARTS) is 1. The number of hydrogen-bond donors (Lipinski definition) is 1. The van der Waals surface area contributed by atoms with Crippen LogP contribution in [0, 0.1) is 0 Å². The van der Waals surface area contributed by atoms with Crippen molar-refractivity contribution in [3.8, 4) is 10.6 Å². The molecule has 100 valence electrons. The highest BCUT2D eigenvalue weighted by Crippen LogP contribution is 2.29. The molecular formula is C13H13ClN2O2S. The lowest BCUT2D eigenvalue weighted by Gasteiger charge is -2.06. The molecule has 0 aliphatic carbocycles. The van der Waals surface area contributed by atoms with Gasteiger partial charge in [-0.2, -0.15) is 0 Å². The van der Waals surface area contributed by atoms with Gasteiger partial charge >= 0.3 is 5.97 Å². The van der Waals surface area contributed by atoms with E-state index in [-0.39, 0.29) is 5.69 Å². The van der Waals surface area contributed by atoms with Gasteiger partial charge < -0.3 is 10.0 Å². The molecule has 0 saturated heterocycles. The highest BCUT2D eigenvalue weighted by Gasteiger charge is 2.18. The minimum atomic E-state index is -0.992. The van der Waals surface area contributed by atoms with Crippen LogP contribution in [-0.4, -0.2) is 35.1 Å². The third-order valence-electron chi connectivity index (χ3n) is 2.45. The van der Waals surface area contributed by atoms with Gasteiger partial charge in [0, 0.05) is 17.1 Å². The molecule has 0 saturated carbocycles. The van der Waals surface area contributed by atoms with Crippen LogP contribution in [0.2, 0.25) is 5.02 Å². The number of thiazole rings is 1. The van der Waals surface area contributed by atoms with Gasteiger partial charge in [-0.15, -0.1) is 11.3 Å². The van der Waals surface area contributed by atoms with Gasteiger partial charge in [-0.05, 0) is 26.2 Å². The average Bonchev–Trinajstić information content (AvgIpc) is 2.73. The van der Waals surface area contributed by atoms with Crippen LogP contribution >= 0.6 is 22.9 Å². The molecule has 2 aromatic rings. The zero-order chi connectivity index (χ0) is 14.0. The van der Waals surface area contributed by atoms with Crippen LogP contribution in [-0.2, 0) is 6.54 Å². The number of aromatic carboxylic acids is 1. The largest absolute Gasteiger partial charge is 0.476 e. The molecule has 0 radical (unpaired) electrons. The molecule has 1 aromatic heterocycles. The summed E-state index contributed by atoms with van der Waals surface area (Å²) < 4.78 is 0. The van der Waals surface area contributed by atoms with Gasteiger partial charge in [0.1, 0.15) is 5.01 Å². The van der Waals surface area contributed by atoms with Crippen molar-refractivity contribution < 1.29 is 9.90 Å². The summed E-state index contributed by atoms with van der Waals surface area (Å²) in [5.74, 6) is -0.992. The van der Waals surface area contributed by atoms with Crippen LogP contribution in [0.25, 0.3) is 10.6 Å². The first-order valence-electron chi connectivity index (χ1n) is 5.61. The van der Waals surface area contributed by atoms with Crippen LogP contribution in [0.5, 0.6) is 0 Å². The summed E-state index contributed by atoms with van der Waals surface area (Å²) in [6, 6.07) is 7.22. The minimum Gasteiger partial charge on any atom is -0.476 e. The molecule has 1 aromatic carbocycles. The first-order valence-corrected chi connectivity index (χ1v) is 6.80. The van der Waals surface area contributed by atoms with E-state index in [1.807, 2.05) is 31.1 Å². The van der Waals surface area contributed by atoms with E-state index in [2.05, 4.69) is 4.98 Å². The molecule has 19 heavy (non-hydrogen) atoms. The maximum atomic E-state index is 11.2. The number of rotatable bonds is 4. The molecule has 6 heteroatoms. The Morgan fingerprint density at radius 1 is 1.37 bits per heavy atom. The van der Waals surface area contributed by atoms with Crippen molar-refractivity contribution in [1.82, 2.24) is 9.88 Å². The number of carboxylic acids is 1. The van der Waals surface area contributed by atoms with Crippen molar-refractivity contribution in [2.45, 2.75) is 6.54 Å². The van der Waals surface area contributed by atoms with E-state index in [0.29, 0.717) is 16.6 Å². The second-order valence-corrected chi connectivity index (χ2v) is 5.86. The summed E-state index contributed by atoms with van der Waals surface area (Å²) in [7, 11) is 3.79. The summed E-state index contributed by atoms with van der Waals surface area (Å²) in [6.45, 7) is 0.562. The number of benzene rings is 1. The van der Waals surface area contributed by atoms with Crippen LogP contribution < -0.4 is 0 Å². The number of aromatic nitrogens is 1. The fourth-order valence-corrected chi connectivity index (χ4v) is 2.93. The van der Waals surface area contributed by atoms with Gasteiger partial charge in [-0.1, -0.05) is 23.7 Å². The van der Waals surface area contributed by atoms with E-state index in [9.17, 15) is 9.90 Å². The Morgan fingerprint density at radius 3 is 2.53 bits per heavy atom. The SMILES string of the molecule is CN(C)Cc1sc(-c2ccc(Cl)cc2)nc1C(=O)O. The Morgan fingerprint density at radius 2 is 2.00 bits per heavy atom. The normalized spacial score (nSPS) is 10.9. The molecule has 0 aliphatic rings. The molecule has 0 unspecified atom stereocenters. The van der Waals surface area contributed by atoms with Crippen molar-refractivity contribution in [3.63, 3.8) is 0 Å². The van der Waals surface area contributed by atoms with Crippen LogP contribution in [0.1, 0.15) is 15.4 Å². The van der Waals surface area contributed by atoms with Crippen LogP contribution in [0.3, 0.4) is 0 Å². The summed E-state index contributed by atoms with van der Waals surface area (Å²) in [5.41, 5.74) is 1.01. The zero-order valence-electron chi connectivity index (χ0n) is 10.6. The Bertz CT molecular complexity index is 593. The average molecular weight is 297 g/mol. The number of hydrogen-bond acceptors (Lipinski definition) is 4. The van der Waals surface area contributed by atoms with E-state index in [0.717, 1.165) is 10.4 Å². The molecule has 0 amide bonds. The predicted molar refractivity (Wildman–Crippen MR) is 76.9 cm³/mol. The standard InChI is InChI=1S/C13H13ClN2O2S/c1-16(2)7-10-11(13(17)18)15-12(19-10)8-3-5-9(14)6-4-8/h3-6H,7H2,1-2H3,(H,17,18). The highest BCUT2D eigenvalue weighted by molar-refractivity contribution is 7.15. The van der Waals surface area contributed by atoms with Gasteiger partial charge in [0.15, 0.2) is 5.69 Å². The smallest absolute Gasteiger partial charge is 0.355 e. The summed E-state index contributed by atoms with van der Waals surface area (Å²) >= 11 is 7.24.